The predicted octanol–water partition coefficient (Wildman–Crippen LogP) is 5.53. The molecule has 1 aliphatic heterocycles. The largest absolute Gasteiger partial charge is 0.491 e. The molecule has 1 fully saturated rings. The first-order valence-electron chi connectivity index (χ1n) is 10.9. The monoisotopic (exact) mass is 438 g/mol. The lowest BCUT2D eigenvalue weighted by atomic mass is 9.90. The first-order valence-corrected chi connectivity index (χ1v) is 11.7. The number of H-pyrrole nitrogens is 1. The van der Waals surface area contributed by atoms with Gasteiger partial charge in [0.05, 0.1) is 0 Å². The van der Waals surface area contributed by atoms with Gasteiger partial charge < -0.3 is 14.8 Å². The highest BCUT2D eigenvalue weighted by Crippen LogP contribution is 2.38. The van der Waals surface area contributed by atoms with Crippen molar-refractivity contribution in [3.63, 3.8) is 0 Å². The van der Waals surface area contributed by atoms with Gasteiger partial charge in [-0.1, -0.05) is 0 Å². The minimum atomic E-state index is -0.534. The smallest absolute Gasteiger partial charge is 0.123 e. The van der Waals surface area contributed by atoms with Crippen molar-refractivity contribution in [2.24, 2.45) is 0 Å². The number of rotatable bonds is 6. The Labute approximate surface area is 185 Å². The minimum Gasteiger partial charge on any atom is -0.491 e. The number of ether oxygens (including phenoxy) is 1. The summed E-state index contributed by atoms with van der Waals surface area (Å²) in [6.45, 7) is 4.07. The lowest BCUT2D eigenvalue weighted by Crippen LogP contribution is -2.45. The summed E-state index contributed by atoms with van der Waals surface area (Å²) >= 11 is 1.78. The van der Waals surface area contributed by atoms with Crippen molar-refractivity contribution >= 4 is 32.3 Å². The van der Waals surface area contributed by atoms with Gasteiger partial charge in [-0.2, -0.15) is 0 Å². The van der Waals surface area contributed by atoms with Crippen LogP contribution in [0.5, 0.6) is 5.75 Å². The first-order chi connectivity index (χ1) is 15.0. The van der Waals surface area contributed by atoms with Gasteiger partial charge >= 0.3 is 0 Å². The summed E-state index contributed by atoms with van der Waals surface area (Å²) in [5.41, 5.74) is 1.08. The summed E-state index contributed by atoms with van der Waals surface area (Å²) in [5.74, 6) is 1.09. The van der Waals surface area contributed by atoms with E-state index in [9.17, 15) is 9.50 Å². The van der Waals surface area contributed by atoms with Gasteiger partial charge in [0.2, 0.25) is 0 Å². The minimum absolute atomic E-state index is 0.177. The summed E-state index contributed by atoms with van der Waals surface area (Å²) in [4.78, 5) is 6.87. The molecule has 0 amide bonds. The maximum absolute atomic E-state index is 13.5. The second kappa shape index (κ2) is 8.61. The molecule has 2 aromatic carbocycles. The van der Waals surface area contributed by atoms with Crippen molar-refractivity contribution in [1.29, 1.82) is 0 Å². The number of aromatic amines is 1. The van der Waals surface area contributed by atoms with Crippen molar-refractivity contribution in [1.82, 2.24) is 9.88 Å². The fourth-order valence-electron chi connectivity index (χ4n) is 4.62. The van der Waals surface area contributed by atoms with Crippen LogP contribution in [0.2, 0.25) is 0 Å². The maximum atomic E-state index is 13.5. The number of aromatic nitrogens is 1. The van der Waals surface area contributed by atoms with Gasteiger partial charge in [-0.15, -0.1) is 11.3 Å². The molecule has 3 heterocycles. The van der Waals surface area contributed by atoms with Crippen LogP contribution < -0.4 is 4.74 Å². The van der Waals surface area contributed by atoms with E-state index in [1.54, 1.807) is 17.4 Å². The molecule has 0 saturated carbocycles. The molecule has 6 heteroatoms. The van der Waals surface area contributed by atoms with E-state index in [1.165, 1.54) is 10.9 Å². The van der Waals surface area contributed by atoms with Crippen molar-refractivity contribution in [2.45, 2.75) is 37.8 Å². The van der Waals surface area contributed by atoms with Crippen LogP contribution in [0.15, 0.2) is 54.7 Å². The van der Waals surface area contributed by atoms with Gasteiger partial charge in [0.1, 0.15) is 24.3 Å². The molecule has 31 heavy (non-hydrogen) atoms. The second-order valence-electron chi connectivity index (χ2n) is 8.59. The van der Waals surface area contributed by atoms with Crippen LogP contribution in [-0.4, -0.2) is 46.8 Å². The number of benzene rings is 2. The molecule has 2 N–H and O–H groups in total. The van der Waals surface area contributed by atoms with Gasteiger partial charge in [-0.25, -0.2) is 4.39 Å². The quantitative estimate of drug-likeness (QED) is 0.416. The fraction of sp³-hybridized carbons (Fsp3) is 0.360. The van der Waals surface area contributed by atoms with Crippen molar-refractivity contribution < 1.29 is 14.2 Å². The van der Waals surface area contributed by atoms with Gasteiger partial charge in [-0.05, 0) is 86.1 Å². The van der Waals surface area contributed by atoms with Gasteiger partial charge in [0.15, 0.2) is 0 Å². The average molecular weight is 439 g/mol. The Kier molecular flexibility index (Phi) is 5.69. The fourth-order valence-corrected chi connectivity index (χ4v) is 5.82. The third-order valence-electron chi connectivity index (χ3n) is 6.33. The number of likely N-dealkylation sites (tertiary alicyclic amines) is 1. The van der Waals surface area contributed by atoms with Crippen LogP contribution in [0.25, 0.3) is 21.0 Å². The van der Waals surface area contributed by atoms with Crippen molar-refractivity contribution in [3.8, 4) is 5.75 Å². The predicted molar refractivity (Wildman–Crippen MR) is 125 cm³/mol. The molecule has 2 aromatic heterocycles. The van der Waals surface area contributed by atoms with E-state index < -0.39 is 6.10 Å². The lowest BCUT2D eigenvalue weighted by Gasteiger charge is -2.38. The molecule has 0 unspecified atom stereocenters. The Balaban J connectivity index is 1.15. The highest BCUT2D eigenvalue weighted by atomic mass is 32.1. The molecule has 4 aromatic rings. The van der Waals surface area contributed by atoms with Crippen LogP contribution in [0, 0.1) is 5.82 Å². The third kappa shape index (κ3) is 4.47. The highest BCUT2D eigenvalue weighted by molar-refractivity contribution is 7.19. The maximum Gasteiger partial charge on any atom is 0.123 e. The van der Waals surface area contributed by atoms with Gasteiger partial charge in [0, 0.05) is 39.3 Å². The number of aliphatic hydroxyl groups is 1. The molecule has 1 saturated heterocycles. The van der Waals surface area contributed by atoms with E-state index >= 15 is 0 Å². The zero-order valence-corrected chi connectivity index (χ0v) is 18.4. The normalized spacial score (nSPS) is 21.0. The summed E-state index contributed by atoms with van der Waals surface area (Å²) in [6, 6.07) is 15.5. The number of β-amino-alcohol motifs (C(OH)–C–C–N with tert-alkyl or cyclic N) is 1. The van der Waals surface area contributed by atoms with Crippen LogP contribution in [0.4, 0.5) is 4.39 Å². The van der Waals surface area contributed by atoms with Gasteiger partial charge in [-0.3, -0.25) is 4.90 Å². The lowest BCUT2D eigenvalue weighted by molar-refractivity contribution is 0.0404. The number of fused-ring (bicyclic) bond motifs is 2. The number of hydrogen-bond donors (Lipinski definition) is 2. The Bertz CT molecular complexity index is 1190. The van der Waals surface area contributed by atoms with Crippen molar-refractivity contribution in [3.05, 3.63) is 65.4 Å². The molecular weight excluding hydrogens is 411 g/mol. The Morgan fingerprint density at radius 1 is 1.19 bits per heavy atom. The number of nitrogens with zero attached hydrogens (tertiary/aromatic N) is 1. The number of halogens is 1. The van der Waals surface area contributed by atoms with Crippen molar-refractivity contribution in [2.75, 3.05) is 19.7 Å². The molecular formula is C25H27FN2O2S. The van der Waals surface area contributed by atoms with Crippen LogP contribution >= 0.6 is 11.3 Å². The molecule has 0 bridgehead atoms. The number of hydrogen-bond acceptors (Lipinski definition) is 4. The number of aliphatic hydroxyl groups excluding tert-OH is 1. The van der Waals surface area contributed by atoms with E-state index in [0.717, 1.165) is 46.1 Å². The topological polar surface area (TPSA) is 48.5 Å². The standard InChI is InChI=1S/C25H27FN2O2S/c1-16-10-18(25-13-19-11-20(26)2-5-24(19)31-25)7-9-28(16)14-21(29)15-30-22-3-4-23-17(12-22)6-8-27-23/h2-6,8,11-13,16,18,21,27,29H,7,9-10,14-15H2,1H3/t16-,18-,21+/m1/s1. The highest BCUT2D eigenvalue weighted by Gasteiger charge is 2.28. The summed E-state index contributed by atoms with van der Waals surface area (Å²) in [5, 5.41) is 12.7. The Morgan fingerprint density at radius 3 is 2.97 bits per heavy atom. The second-order valence-corrected chi connectivity index (χ2v) is 9.70. The number of thiophene rings is 1. The van der Waals surface area contributed by atoms with E-state index in [-0.39, 0.29) is 12.4 Å². The van der Waals surface area contributed by atoms with Crippen LogP contribution in [0.1, 0.15) is 30.6 Å². The van der Waals surface area contributed by atoms with E-state index in [4.69, 9.17) is 4.74 Å². The molecule has 4 nitrogen and oxygen atoms in total. The van der Waals surface area contributed by atoms with E-state index in [0.29, 0.717) is 18.5 Å². The Morgan fingerprint density at radius 2 is 2.10 bits per heavy atom. The SMILES string of the molecule is C[C@@H]1C[C@H](c2cc3cc(F)ccc3s2)CCN1C[C@H](O)COc1ccc2[nH]ccc2c1. The zero-order valence-electron chi connectivity index (χ0n) is 17.6. The zero-order chi connectivity index (χ0) is 21.4. The molecule has 3 atom stereocenters. The Hall–Kier alpha value is -2.41. The molecule has 1 aliphatic rings. The van der Waals surface area contributed by atoms with Gasteiger partial charge in [0.25, 0.3) is 0 Å². The average Bonchev–Trinajstić information content (AvgIpc) is 3.39. The molecule has 0 spiro atoms. The van der Waals surface area contributed by atoms with E-state index in [1.807, 2.05) is 36.5 Å². The first kappa shape index (κ1) is 20.5. The molecule has 5 rings (SSSR count). The number of piperidine rings is 1. The van der Waals surface area contributed by atoms with E-state index in [2.05, 4.69) is 22.9 Å². The summed E-state index contributed by atoms with van der Waals surface area (Å²) < 4.78 is 20.5. The molecule has 0 aliphatic carbocycles. The number of nitrogens with one attached hydrogen (secondary N) is 1. The third-order valence-corrected chi connectivity index (χ3v) is 7.60. The van der Waals surface area contributed by atoms with Crippen LogP contribution in [-0.2, 0) is 0 Å². The summed E-state index contributed by atoms with van der Waals surface area (Å²) in [7, 11) is 0. The van der Waals surface area contributed by atoms with Crippen LogP contribution in [0.3, 0.4) is 0 Å². The molecule has 162 valence electrons. The molecule has 0 radical (unpaired) electrons. The summed E-state index contributed by atoms with van der Waals surface area (Å²) in [6.07, 6.45) is 3.48.